The molecule has 1 aliphatic heterocycles. The van der Waals surface area contributed by atoms with Gasteiger partial charge in [0, 0.05) is 38.3 Å². The first-order chi connectivity index (χ1) is 16.5. The van der Waals surface area contributed by atoms with Gasteiger partial charge in [-0.3, -0.25) is 9.69 Å². The highest BCUT2D eigenvalue weighted by Gasteiger charge is 2.22. The fraction of sp³-hybridized carbons (Fsp3) is 0.345. The fourth-order valence-electron chi connectivity index (χ4n) is 4.23. The molecule has 0 bridgehead atoms. The maximum Gasteiger partial charge on any atom is 0.253 e. The zero-order valence-corrected chi connectivity index (χ0v) is 20.4. The average molecular weight is 459 g/mol. The number of hydrogen-bond acceptors (Lipinski definition) is 4. The molecule has 1 aliphatic rings. The number of hydrogen-bond donors (Lipinski definition) is 0. The second-order valence-electron chi connectivity index (χ2n) is 9.13. The number of benzene rings is 3. The Balaban J connectivity index is 1.30. The van der Waals surface area contributed by atoms with Crippen molar-refractivity contribution in [3.05, 3.63) is 95.1 Å². The van der Waals surface area contributed by atoms with Crippen molar-refractivity contribution < 1.29 is 14.3 Å². The van der Waals surface area contributed by atoms with E-state index >= 15 is 0 Å². The van der Waals surface area contributed by atoms with Crippen molar-refractivity contribution >= 4 is 5.91 Å². The summed E-state index contributed by atoms with van der Waals surface area (Å²) in [6.07, 6.45) is 0. The molecule has 0 spiro atoms. The van der Waals surface area contributed by atoms with Crippen LogP contribution in [0, 0.1) is 0 Å². The van der Waals surface area contributed by atoms with Gasteiger partial charge in [0.2, 0.25) is 0 Å². The monoisotopic (exact) mass is 458 g/mol. The molecule has 1 fully saturated rings. The molecule has 0 aromatic heterocycles. The molecular formula is C29H34N2O3. The van der Waals surface area contributed by atoms with Crippen molar-refractivity contribution in [1.82, 2.24) is 9.80 Å². The largest absolute Gasteiger partial charge is 0.497 e. The van der Waals surface area contributed by atoms with E-state index in [0.717, 1.165) is 55.3 Å². The molecule has 1 saturated heterocycles. The summed E-state index contributed by atoms with van der Waals surface area (Å²) in [5, 5.41) is 0. The van der Waals surface area contributed by atoms with Gasteiger partial charge in [0.05, 0.1) is 7.11 Å². The topological polar surface area (TPSA) is 42.0 Å². The normalized spacial score (nSPS) is 14.3. The van der Waals surface area contributed by atoms with E-state index in [1.54, 1.807) is 7.11 Å². The third-order valence-electron chi connectivity index (χ3n) is 6.33. The molecule has 3 aromatic rings. The summed E-state index contributed by atoms with van der Waals surface area (Å²) in [6, 6.07) is 24.2. The Bertz CT molecular complexity index is 1090. The first kappa shape index (κ1) is 23.8. The van der Waals surface area contributed by atoms with Crippen molar-refractivity contribution in [2.24, 2.45) is 0 Å². The molecule has 0 radical (unpaired) electrons. The number of ether oxygens (including phenoxy) is 2. The minimum absolute atomic E-state index is 0.0872. The number of methoxy groups -OCH3 is 1. The molecule has 0 N–H and O–H groups in total. The van der Waals surface area contributed by atoms with E-state index in [2.05, 4.69) is 43.0 Å². The highest BCUT2D eigenvalue weighted by molar-refractivity contribution is 5.94. The van der Waals surface area contributed by atoms with E-state index < -0.39 is 0 Å². The Morgan fingerprint density at radius 2 is 1.56 bits per heavy atom. The predicted octanol–water partition coefficient (Wildman–Crippen LogP) is 5.36. The summed E-state index contributed by atoms with van der Waals surface area (Å²) in [6.45, 7) is 8.84. The fourth-order valence-corrected chi connectivity index (χ4v) is 4.23. The van der Waals surface area contributed by atoms with Crippen LogP contribution in [0.4, 0.5) is 0 Å². The molecule has 0 saturated carbocycles. The summed E-state index contributed by atoms with van der Waals surface area (Å²) in [5.74, 6) is 2.31. The van der Waals surface area contributed by atoms with Gasteiger partial charge in [-0.15, -0.1) is 0 Å². The number of amides is 1. The Hall–Kier alpha value is -3.31. The smallest absolute Gasteiger partial charge is 0.253 e. The Morgan fingerprint density at radius 3 is 2.26 bits per heavy atom. The van der Waals surface area contributed by atoms with Crippen LogP contribution in [0.2, 0.25) is 0 Å². The second kappa shape index (κ2) is 11.2. The maximum atomic E-state index is 13.1. The lowest BCUT2D eigenvalue weighted by molar-refractivity contribution is 0.0628. The highest BCUT2D eigenvalue weighted by atomic mass is 16.5. The van der Waals surface area contributed by atoms with Gasteiger partial charge >= 0.3 is 0 Å². The van der Waals surface area contributed by atoms with E-state index in [-0.39, 0.29) is 5.91 Å². The van der Waals surface area contributed by atoms with E-state index in [1.165, 1.54) is 11.1 Å². The second-order valence-corrected chi connectivity index (χ2v) is 9.13. The number of rotatable bonds is 8. The van der Waals surface area contributed by atoms with Gasteiger partial charge in [-0.05, 0) is 59.0 Å². The Morgan fingerprint density at radius 1 is 0.853 bits per heavy atom. The molecule has 1 heterocycles. The van der Waals surface area contributed by atoms with Crippen LogP contribution in [0.3, 0.4) is 0 Å². The van der Waals surface area contributed by atoms with Crippen molar-refractivity contribution in [2.75, 3.05) is 33.3 Å². The number of carbonyl (C=O) groups is 1. The predicted molar refractivity (Wildman–Crippen MR) is 135 cm³/mol. The lowest BCUT2D eigenvalue weighted by atomic mass is 10.0. The summed E-state index contributed by atoms with van der Waals surface area (Å²) in [7, 11) is 1.69. The quantitative estimate of drug-likeness (QED) is 0.456. The molecule has 0 unspecified atom stereocenters. The summed E-state index contributed by atoms with van der Waals surface area (Å²) >= 11 is 0. The SMILES string of the molecule is COc1cccc(CN2CCN(C(=O)c3cccc(COc4ccc(C(C)C)cc4)c3)CC2)c1. The molecule has 34 heavy (non-hydrogen) atoms. The molecular weight excluding hydrogens is 424 g/mol. The van der Waals surface area contributed by atoms with E-state index in [1.807, 2.05) is 53.4 Å². The average Bonchev–Trinajstić information content (AvgIpc) is 2.88. The minimum atomic E-state index is 0.0872. The van der Waals surface area contributed by atoms with Crippen LogP contribution in [0.5, 0.6) is 11.5 Å². The Labute approximate surface area is 202 Å². The van der Waals surface area contributed by atoms with Crippen LogP contribution in [0.25, 0.3) is 0 Å². The van der Waals surface area contributed by atoms with Crippen LogP contribution >= 0.6 is 0 Å². The molecule has 0 atom stereocenters. The number of nitrogens with zero attached hydrogens (tertiary/aromatic N) is 2. The molecule has 5 heteroatoms. The van der Waals surface area contributed by atoms with Crippen molar-refractivity contribution in [2.45, 2.75) is 32.9 Å². The van der Waals surface area contributed by atoms with Gasteiger partial charge in [0.25, 0.3) is 5.91 Å². The highest BCUT2D eigenvalue weighted by Crippen LogP contribution is 2.20. The summed E-state index contributed by atoms with van der Waals surface area (Å²) < 4.78 is 11.3. The third-order valence-corrected chi connectivity index (χ3v) is 6.33. The molecule has 0 aliphatic carbocycles. The first-order valence-corrected chi connectivity index (χ1v) is 12.0. The van der Waals surface area contributed by atoms with E-state index in [9.17, 15) is 4.79 Å². The maximum absolute atomic E-state index is 13.1. The van der Waals surface area contributed by atoms with E-state index in [0.29, 0.717) is 12.5 Å². The molecule has 1 amide bonds. The van der Waals surface area contributed by atoms with Gasteiger partial charge in [0.1, 0.15) is 18.1 Å². The van der Waals surface area contributed by atoms with Gasteiger partial charge in [0.15, 0.2) is 0 Å². The first-order valence-electron chi connectivity index (χ1n) is 12.0. The number of piperazine rings is 1. The molecule has 3 aromatic carbocycles. The molecule has 4 rings (SSSR count). The summed E-state index contributed by atoms with van der Waals surface area (Å²) in [4.78, 5) is 17.5. The lowest BCUT2D eigenvalue weighted by Crippen LogP contribution is -2.48. The van der Waals surface area contributed by atoms with Gasteiger partial charge in [-0.25, -0.2) is 0 Å². The zero-order chi connectivity index (χ0) is 23.9. The lowest BCUT2D eigenvalue weighted by Gasteiger charge is -2.35. The minimum Gasteiger partial charge on any atom is -0.497 e. The third kappa shape index (κ3) is 6.17. The molecule has 5 nitrogen and oxygen atoms in total. The standard InChI is InChI=1S/C29H34N2O3/c1-22(2)25-10-12-27(13-11-25)34-21-24-7-4-8-26(18-24)29(32)31-16-14-30(15-17-31)20-23-6-5-9-28(19-23)33-3/h4-13,18-19,22H,14-17,20-21H2,1-3H3. The number of carbonyl (C=O) groups excluding carboxylic acids is 1. The van der Waals surface area contributed by atoms with Crippen LogP contribution in [-0.4, -0.2) is 49.0 Å². The van der Waals surface area contributed by atoms with Crippen molar-refractivity contribution in [3.63, 3.8) is 0 Å². The van der Waals surface area contributed by atoms with Crippen LogP contribution < -0.4 is 9.47 Å². The van der Waals surface area contributed by atoms with Crippen LogP contribution in [-0.2, 0) is 13.2 Å². The van der Waals surface area contributed by atoms with E-state index in [4.69, 9.17) is 9.47 Å². The van der Waals surface area contributed by atoms with Gasteiger partial charge in [-0.2, -0.15) is 0 Å². The van der Waals surface area contributed by atoms with Crippen LogP contribution in [0.1, 0.15) is 46.8 Å². The molecule has 178 valence electrons. The van der Waals surface area contributed by atoms with Gasteiger partial charge < -0.3 is 14.4 Å². The van der Waals surface area contributed by atoms with Gasteiger partial charge in [-0.1, -0.05) is 50.2 Å². The van der Waals surface area contributed by atoms with Crippen LogP contribution in [0.15, 0.2) is 72.8 Å². The van der Waals surface area contributed by atoms with Crippen molar-refractivity contribution in [1.29, 1.82) is 0 Å². The summed E-state index contributed by atoms with van der Waals surface area (Å²) in [5.41, 5.74) is 4.24. The Kier molecular flexibility index (Phi) is 7.86. The zero-order valence-electron chi connectivity index (χ0n) is 20.4. The van der Waals surface area contributed by atoms with Crippen molar-refractivity contribution in [3.8, 4) is 11.5 Å².